The number of carbonyl (C=O) groups excluding carboxylic acids is 2. The first-order valence-corrected chi connectivity index (χ1v) is 10.8. The molecule has 1 saturated heterocycles. The van der Waals surface area contributed by atoms with Gasteiger partial charge in [-0.2, -0.15) is 0 Å². The minimum atomic E-state index is -0.162. The van der Waals surface area contributed by atoms with Gasteiger partial charge >= 0.3 is 5.91 Å². The number of rotatable bonds is 5. The first-order valence-electron chi connectivity index (χ1n) is 9.97. The molecule has 0 aromatic heterocycles. The number of amides is 2. The van der Waals surface area contributed by atoms with Gasteiger partial charge in [-0.3, -0.25) is 4.79 Å². The highest BCUT2D eigenvalue weighted by Gasteiger charge is 2.39. The third kappa shape index (κ3) is 4.77. The van der Waals surface area contributed by atoms with Crippen LogP contribution in [0.15, 0.2) is 53.5 Å². The normalized spacial score (nSPS) is 24.9. The van der Waals surface area contributed by atoms with E-state index in [1.54, 1.807) is 4.58 Å². The zero-order valence-corrected chi connectivity index (χ0v) is 17.3. The van der Waals surface area contributed by atoms with Crippen LogP contribution in [0, 0.1) is 6.92 Å². The van der Waals surface area contributed by atoms with E-state index in [-0.39, 0.29) is 29.7 Å². The Kier molecular flexibility index (Phi) is 6.11. The predicted molar refractivity (Wildman–Crippen MR) is 116 cm³/mol. The molecule has 5 nitrogen and oxygen atoms in total. The molecule has 1 aliphatic carbocycles. The van der Waals surface area contributed by atoms with Crippen molar-refractivity contribution >= 4 is 35.4 Å². The molecule has 0 spiro atoms. The van der Waals surface area contributed by atoms with Gasteiger partial charge in [-0.05, 0) is 31.4 Å². The monoisotopic (exact) mass is 409 g/mol. The van der Waals surface area contributed by atoms with Crippen LogP contribution in [-0.4, -0.2) is 53.2 Å². The zero-order valence-electron chi connectivity index (χ0n) is 16.5. The lowest BCUT2D eigenvalue weighted by molar-refractivity contribution is -0.434. The number of nitrogens with zero attached hydrogens (tertiary/aromatic N) is 1. The molecule has 2 unspecified atom stereocenters. The van der Waals surface area contributed by atoms with E-state index in [1.165, 1.54) is 17.3 Å². The van der Waals surface area contributed by atoms with E-state index < -0.39 is 0 Å². The van der Waals surface area contributed by atoms with Gasteiger partial charge in [-0.15, -0.1) is 4.58 Å². The summed E-state index contributed by atoms with van der Waals surface area (Å²) in [6.45, 7) is 3.30. The molecule has 1 N–H and O–H groups in total. The lowest BCUT2D eigenvalue weighted by Gasteiger charge is -2.21. The Morgan fingerprint density at radius 2 is 2.14 bits per heavy atom. The third-order valence-corrected chi connectivity index (χ3v) is 6.40. The topological polar surface area (TPSA) is 58.4 Å². The minimum absolute atomic E-state index is 0.0152. The van der Waals surface area contributed by atoms with Crippen LogP contribution in [0.1, 0.15) is 24.0 Å². The lowest BCUT2D eigenvalue weighted by atomic mass is 10.1. The fourth-order valence-electron chi connectivity index (χ4n) is 3.60. The van der Waals surface area contributed by atoms with Gasteiger partial charge in [0.15, 0.2) is 0 Å². The Labute approximate surface area is 175 Å². The van der Waals surface area contributed by atoms with Crippen molar-refractivity contribution in [3.63, 3.8) is 0 Å². The second-order valence-electron chi connectivity index (χ2n) is 7.46. The van der Waals surface area contributed by atoms with Crippen LogP contribution >= 0.6 is 11.8 Å². The predicted octanol–water partition coefficient (Wildman–Crippen LogP) is 2.85. The number of benzene rings is 1. The number of hydrogen-bond donors (Lipinski definition) is 1. The molecule has 2 atom stereocenters. The molecule has 0 bridgehead atoms. The number of carbonyl (C=O) groups is 2. The average molecular weight is 410 g/mol. The van der Waals surface area contributed by atoms with Crippen molar-refractivity contribution in [2.24, 2.45) is 0 Å². The van der Waals surface area contributed by atoms with Gasteiger partial charge < -0.3 is 10.1 Å². The van der Waals surface area contributed by atoms with Gasteiger partial charge in [0.1, 0.15) is 10.2 Å². The largest absolute Gasteiger partial charge is 0.426 e. The van der Waals surface area contributed by atoms with Crippen molar-refractivity contribution in [1.82, 2.24) is 5.32 Å². The minimum Gasteiger partial charge on any atom is -0.376 e. The van der Waals surface area contributed by atoms with E-state index in [0.717, 1.165) is 30.7 Å². The molecular weight excluding hydrogens is 384 g/mol. The van der Waals surface area contributed by atoms with Crippen LogP contribution in [0.5, 0.6) is 0 Å². The van der Waals surface area contributed by atoms with Crippen LogP contribution in [0.4, 0.5) is 0 Å². The van der Waals surface area contributed by atoms with Crippen LogP contribution in [-0.2, 0) is 14.3 Å². The molecule has 1 fully saturated rings. The van der Waals surface area contributed by atoms with E-state index in [0.29, 0.717) is 11.4 Å². The molecule has 1 aromatic rings. The molecule has 6 heteroatoms. The number of aryl methyl sites for hydroxylation is 1. The Morgan fingerprint density at radius 3 is 2.90 bits per heavy atom. The fourth-order valence-corrected chi connectivity index (χ4v) is 4.78. The summed E-state index contributed by atoms with van der Waals surface area (Å²) in [5, 5.41) is 2.95. The van der Waals surface area contributed by atoms with Crippen LogP contribution in [0.2, 0.25) is 0 Å². The SMILES string of the molecule is Cc1ccc(/C=C2/SC3C=CC=CC3=[N+](CC(=O)NCC3CCCO3)C2=O)cc1. The van der Waals surface area contributed by atoms with E-state index in [2.05, 4.69) is 11.4 Å². The van der Waals surface area contributed by atoms with Gasteiger partial charge in [0.25, 0.3) is 5.91 Å². The molecule has 3 aliphatic rings. The molecule has 2 amide bonds. The molecule has 29 heavy (non-hydrogen) atoms. The summed E-state index contributed by atoms with van der Waals surface area (Å²) in [4.78, 5) is 26.4. The van der Waals surface area contributed by atoms with E-state index in [1.807, 2.05) is 55.5 Å². The second kappa shape index (κ2) is 8.93. The molecule has 0 radical (unpaired) electrons. The number of hydrogen-bond acceptors (Lipinski definition) is 4. The van der Waals surface area contributed by atoms with Gasteiger partial charge in [-0.1, -0.05) is 59.8 Å². The van der Waals surface area contributed by atoms with E-state index in [4.69, 9.17) is 4.74 Å². The fraction of sp³-hybridized carbons (Fsp3) is 0.348. The number of ether oxygens (including phenoxy) is 1. The highest BCUT2D eigenvalue weighted by molar-refractivity contribution is 8.05. The highest BCUT2D eigenvalue weighted by atomic mass is 32.2. The first-order chi connectivity index (χ1) is 14.1. The summed E-state index contributed by atoms with van der Waals surface area (Å²) in [6.07, 6.45) is 11.9. The summed E-state index contributed by atoms with van der Waals surface area (Å²) in [5.74, 6) is -0.293. The average Bonchev–Trinajstić information content (AvgIpc) is 3.25. The zero-order chi connectivity index (χ0) is 20.2. The standard InChI is InChI=1S/C23H24N2O3S/c1-16-8-10-17(11-9-16)13-21-23(27)25(19-6-2-3-7-20(19)29-21)15-22(26)24-14-18-5-4-12-28-18/h2-3,6-11,13,18,20H,4-5,12,14-15H2,1H3/p+1/b21-13+. The highest BCUT2D eigenvalue weighted by Crippen LogP contribution is 2.32. The van der Waals surface area contributed by atoms with Crippen molar-refractivity contribution < 1.29 is 18.9 Å². The summed E-state index contributed by atoms with van der Waals surface area (Å²) in [6, 6.07) is 8.07. The molecule has 4 rings (SSSR count). The third-order valence-electron chi connectivity index (χ3n) is 5.20. The van der Waals surface area contributed by atoms with Crippen molar-refractivity contribution in [3.8, 4) is 0 Å². The van der Waals surface area contributed by atoms with Crippen molar-refractivity contribution in [2.75, 3.05) is 19.7 Å². The Morgan fingerprint density at radius 1 is 1.31 bits per heavy atom. The summed E-state index contributed by atoms with van der Waals surface area (Å²) >= 11 is 1.53. The maximum Gasteiger partial charge on any atom is 0.426 e. The molecular formula is C23H25N2O3S+. The van der Waals surface area contributed by atoms with Crippen LogP contribution in [0.25, 0.3) is 6.08 Å². The Balaban J connectivity index is 1.54. The molecule has 1 aromatic carbocycles. The van der Waals surface area contributed by atoms with Crippen molar-refractivity contribution in [2.45, 2.75) is 31.1 Å². The second-order valence-corrected chi connectivity index (χ2v) is 8.64. The number of fused-ring (bicyclic) bond motifs is 1. The number of nitrogens with one attached hydrogen (secondary N) is 1. The van der Waals surface area contributed by atoms with Gasteiger partial charge in [0.2, 0.25) is 12.3 Å². The quantitative estimate of drug-likeness (QED) is 0.600. The van der Waals surface area contributed by atoms with Crippen molar-refractivity contribution in [3.05, 3.63) is 64.6 Å². The maximum absolute atomic E-state index is 13.2. The number of allylic oxidation sites excluding steroid dienone is 3. The van der Waals surface area contributed by atoms with E-state index in [9.17, 15) is 9.59 Å². The lowest BCUT2D eigenvalue weighted by Crippen LogP contribution is -2.44. The molecule has 2 heterocycles. The van der Waals surface area contributed by atoms with Crippen LogP contribution < -0.4 is 5.32 Å². The van der Waals surface area contributed by atoms with Gasteiger partial charge in [0, 0.05) is 19.2 Å². The molecule has 0 saturated carbocycles. The molecule has 2 aliphatic heterocycles. The van der Waals surface area contributed by atoms with Crippen LogP contribution in [0.3, 0.4) is 0 Å². The first kappa shape index (κ1) is 19.9. The smallest absolute Gasteiger partial charge is 0.376 e. The van der Waals surface area contributed by atoms with Gasteiger partial charge in [-0.25, -0.2) is 4.79 Å². The summed E-state index contributed by atoms with van der Waals surface area (Å²) in [5.41, 5.74) is 3.01. The van der Waals surface area contributed by atoms with Crippen molar-refractivity contribution in [1.29, 1.82) is 0 Å². The summed E-state index contributed by atoms with van der Waals surface area (Å²) < 4.78 is 7.16. The Hall–Kier alpha value is -2.44. The molecule has 150 valence electrons. The summed E-state index contributed by atoms with van der Waals surface area (Å²) in [7, 11) is 0. The number of thioether (sulfide) groups is 1. The maximum atomic E-state index is 13.2. The van der Waals surface area contributed by atoms with E-state index >= 15 is 0 Å². The van der Waals surface area contributed by atoms with Gasteiger partial charge in [0.05, 0.1) is 6.10 Å². The Bertz CT molecular complexity index is 922.